The van der Waals surface area contributed by atoms with E-state index in [1.807, 2.05) is 44.3 Å². The second kappa shape index (κ2) is 7.79. The average Bonchev–Trinajstić information content (AvgIpc) is 2.50. The summed E-state index contributed by atoms with van der Waals surface area (Å²) in [5.74, 6) is 0.759. The molecular weight excluding hydrogens is 314 g/mol. The second-order valence-corrected chi connectivity index (χ2v) is 7.66. The lowest BCUT2D eigenvalue weighted by molar-refractivity contribution is 0.230. The first-order chi connectivity index (χ1) is 11.7. The van der Waals surface area contributed by atoms with E-state index in [-0.39, 0.29) is 16.9 Å². The van der Waals surface area contributed by atoms with Crippen LogP contribution in [0, 0.1) is 6.92 Å². The van der Waals surface area contributed by atoms with Crippen molar-refractivity contribution in [1.82, 2.24) is 4.90 Å². The molecule has 0 saturated carbocycles. The molecule has 25 heavy (non-hydrogen) atoms. The fraction of sp³-hybridized carbons (Fsp3) is 0.429. The largest absolute Gasteiger partial charge is 0.504 e. The van der Waals surface area contributed by atoms with E-state index in [1.165, 1.54) is 5.56 Å². The van der Waals surface area contributed by atoms with Gasteiger partial charge in [-0.15, -0.1) is 0 Å². The molecule has 0 aliphatic carbocycles. The molecule has 136 valence electrons. The molecule has 0 saturated heterocycles. The van der Waals surface area contributed by atoms with Crippen LogP contribution in [0.15, 0.2) is 36.4 Å². The van der Waals surface area contributed by atoms with Gasteiger partial charge < -0.3 is 14.9 Å². The van der Waals surface area contributed by atoms with Crippen LogP contribution in [0.4, 0.5) is 0 Å². The van der Waals surface area contributed by atoms with E-state index in [0.29, 0.717) is 19.7 Å². The molecule has 0 aliphatic heterocycles. The highest BCUT2D eigenvalue weighted by molar-refractivity contribution is 5.49. The number of hydrogen-bond donors (Lipinski definition) is 2. The molecule has 0 radical (unpaired) electrons. The molecule has 0 unspecified atom stereocenters. The van der Waals surface area contributed by atoms with Crippen LogP contribution >= 0.6 is 0 Å². The molecule has 0 aliphatic rings. The summed E-state index contributed by atoms with van der Waals surface area (Å²) < 4.78 is 5.77. The third-order valence-electron chi connectivity index (χ3n) is 4.21. The molecular formula is C21H29NO3. The van der Waals surface area contributed by atoms with E-state index in [9.17, 15) is 10.2 Å². The van der Waals surface area contributed by atoms with Crippen molar-refractivity contribution in [1.29, 1.82) is 0 Å². The lowest BCUT2D eigenvalue weighted by Crippen LogP contribution is -2.24. The van der Waals surface area contributed by atoms with Crippen molar-refractivity contribution in [2.75, 3.05) is 20.2 Å². The molecule has 0 amide bonds. The van der Waals surface area contributed by atoms with E-state index in [2.05, 4.69) is 25.7 Å². The number of likely N-dealkylation sites (N-methyl/N-ethyl adjacent to an activating group) is 1. The Hall–Kier alpha value is -2.20. The Kier molecular flexibility index (Phi) is 5.96. The normalized spacial score (nSPS) is 11.8. The van der Waals surface area contributed by atoms with E-state index in [0.717, 1.165) is 16.9 Å². The zero-order valence-electron chi connectivity index (χ0n) is 15.8. The molecule has 0 bridgehead atoms. The lowest BCUT2D eigenvalue weighted by atomic mass is 9.85. The summed E-state index contributed by atoms with van der Waals surface area (Å²) in [6.07, 6.45) is 0. The van der Waals surface area contributed by atoms with Gasteiger partial charge in [-0.1, -0.05) is 39.0 Å². The van der Waals surface area contributed by atoms with Crippen molar-refractivity contribution < 1.29 is 14.9 Å². The van der Waals surface area contributed by atoms with Gasteiger partial charge >= 0.3 is 0 Å². The van der Waals surface area contributed by atoms with Gasteiger partial charge in [0.05, 0.1) is 0 Å². The Bertz CT molecular complexity index is 720. The van der Waals surface area contributed by atoms with Gasteiger partial charge in [0, 0.05) is 18.7 Å². The quantitative estimate of drug-likeness (QED) is 0.771. The number of aryl methyl sites for hydroxylation is 1. The van der Waals surface area contributed by atoms with Crippen molar-refractivity contribution in [3.05, 3.63) is 53.1 Å². The highest BCUT2D eigenvalue weighted by Gasteiger charge is 2.19. The van der Waals surface area contributed by atoms with Crippen LogP contribution in [0.2, 0.25) is 0 Å². The summed E-state index contributed by atoms with van der Waals surface area (Å²) in [6, 6.07) is 11.6. The maximum Gasteiger partial charge on any atom is 0.162 e. The van der Waals surface area contributed by atoms with E-state index >= 15 is 0 Å². The van der Waals surface area contributed by atoms with Gasteiger partial charge in [0.25, 0.3) is 0 Å². The van der Waals surface area contributed by atoms with Crippen molar-refractivity contribution in [2.24, 2.45) is 0 Å². The lowest BCUT2D eigenvalue weighted by Gasteiger charge is -2.23. The summed E-state index contributed by atoms with van der Waals surface area (Å²) in [4.78, 5) is 2.07. The monoisotopic (exact) mass is 343 g/mol. The minimum Gasteiger partial charge on any atom is -0.504 e. The Morgan fingerprint density at radius 3 is 2.44 bits per heavy atom. The maximum atomic E-state index is 10.2. The van der Waals surface area contributed by atoms with Crippen molar-refractivity contribution >= 4 is 0 Å². The zero-order chi connectivity index (χ0) is 18.6. The molecule has 0 heterocycles. The molecule has 2 aromatic carbocycles. The van der Waals surface area contributed by atoms with Gasteiger partial charge in [0.1, 0.15) is 12.4 Å². The number of nitrogens with zero attached hydrogens (tertiary/aromatic N) is 1. The maximum absolute atomic E-state index is 10.2. The van der Waals surface area contributed by atoms with E-state index in [4.69, 9.17) is 4.74 Å². The summed E-state index contributed by atoms with van der Waals surface area (Å²) in [5, 5.41) is 20.2. The highest BCUT2D eigenvalue weighted by Crippen LogP contribution is 2.35. The molecule has 0 fully saturated rings. The number of rotatable bonds is 6. The summed E-state index contributed by atoms with van der Waals surface area (Å²) >= 11 is 0. The average molecular weight is 343 g/mol. The van der Waals surface area contributed by atoms with Crippen LogP contribution in [-0.4, -0.2) is 35.3 Å². The third-order valence-corrected chi connectivity index (χ3v) is 4.21. The number of aromatic hydroxyl groups is 2. The number of phenols is 2. The first-order valence-corrected chi connectivity index (χ1v) is 8.60. The molecule has 0 atom stereocenters. The van der Waals surface area contributed by atoms with Gasteiger partial charge in [-0.2, -0.15) is 0 Å². The van der Waals surface area contributed by atoms with Gasteiger partial charge in [-0.25, -0.2) is 0 Å². The van der Waals surface area contributed by atoms with Crippen LogP contribution in [0.1, 0.15) is 37.5 Å². The SMILES string of the molecule is Cc1cccc(OCCN(C)Cc2cc(C(C)(C)C)cc(O)c2O)c1. The first kappa shape index (κ1) is 19.1. The Balaban J connectivity index is 1.98. The van der Waals surface area contributed by atoms with Crippen molar-refractivity contribution in [2.45, 2.75) is 39.7 Å². The van der Waals surface area contributed by atoms with Gasteiger partial charge in [0.15, 0.2) is 11.5 Å². The number of phenolic OH excluding ortho intramolecular Hbond substituents is 2. The van der Waals surface area contributed by atoms with Crippen LogP contribution in [0.3, 0.4) is 0 Å². The number of ether oxygens (including phenoxy) is 1. The standard InChI is InChI=1S/C21H29NO3/c1-15-7-6-8-18(11-15)25-10-9-22(5)14-16-12-17(21(2,3)4)13-19(23)20(16)24/h6-8,11-13,23-24H,9-10,14H2,1-5H3. The highest BCUT2D eigenvalue weighted by atomic mass is 16.5. The van der Waals surface area contributed by atoms with Crippen LogP contribution in [0.5, 0.6) is 17.2 Å². The van der Waals surface area contributed by atoms with E-state index < -0.39 is 0 Å². The van der Waals surface area contributed by atoms with Crippen LogP contribution in [-0.2, 0) is 12.0 Å². The predicted molar refractivity (Wildman–Crippen MR) is 101 cm³/mol. The van der Waals surface area contributed by atoms with Crippen molar-refractivity contribution in [3.63, 3.8) is 0 Å². The topological polar surface area (TPSA) is 52.9 Å². The molecule has 0 spiro atoms. The van der Waals surface area contributed by atoms with Crippen molar-refractivity contribution in [3.8, 4) is 17.2 Å². The summed E-state index contributed by atoms with van der Waals surface area (Å²) in [5.41, 5.74) is 2.81. The Morgan fingerprint density at radius 2 is 1.80 bits per heavy atom. The van der Waals surface area contributed by atoms with Crippen LogP contribution < -0.4 is 4.74 Å². The number of hydrogen-bond acceptors (Lipinski definition) is 4. The second-order valence-electron chi connectivity index (χ2n) is 7.66. The fourth-order valence-electron chi connectivity index (χ4n) is 2.63. The molecule has 2 aromatic rings. The summed E-state index contributed by atoms with van der Waals surface area (Å²) in [7, 11) is 1.97. The summed E-state index contributed by atoms with van der Waals surface area (Å²) in [6.45, 7) is 10.1. The van der Waals surface area contributed by atoms with E-state index in [1.54, 1.807) is 6.07 Å². The zero-order valence-corrected chi connectivity index (χ0v) is 15.8. The minimum atomic E-state index is -0.0905. The fourth-order valence-corrected chi connectivity index (χ4v) is 2.63. The molecule has 0 aromatic heterocycles. The molecule has 4 heteroatoms. The van der Waals surface area contributed by atoms with Crippen LogP contribution in [0.25, 0.3) is 0 Å². The molecule has 2 N–H and O–H groups in total. The minimum absolute atomic E-state index is 0.0422. The van der Waals surface area contributed by atoms with Gasteiger partial charge in [-0.3, -0.25) is 4.90 Å². The Labute approximate surface area is 150 Å². The smallest absolute Gasteiger partial charge is 0.162 e. The van der Waals surface area contributed by atoms with Gasteiger partial charge in [0.2, 0.25) is 0 Å². The number of benzene rings is 2. The van der Waals surface area contributed by atoms with Gasteiger partial charge in [-0.05, 0) is 48.7 Å². The predicted octanol–water partition coefficient (Wildman–Crippen LogP) is 4.21. The molecule has 2 rings (SSSR count). The first-order valence-electron chi connectivity index (χ1n) is 8.60. The third kappa shape index (κ3) is 5.40. The Morgan fingerprint density at radius 1 is 1.08 bits per heavy atom. The molecule has 4 nitrogen and oxygen atoms in total.